The van der Waals surface area contributed by atoms with Gasteiger partial charge in [-0.15, -0.1) is 0 Å². The fraction of sp³-hybridized carbons (Fsp3) is 0.137. The van der Waals surface area contributed by atoms with Crippen molar-refractivity contribution in [1.82, 2.24) is 4.57 Å². The summed E-state index contributed by atoms with van der Waals surface area (Å²) >= 11 is 0. The average Bonchev–Trinajstić information content (AvgIpc) is 3.74. The summed E-state index contributed by atoms with van der Waals surface area (Å²) in [5.41, 5.74) is 15.7. The van der Waals surface area contributed by atoms with Gasteiger partial charge in [-0.2, -0.15) is 0 Å². The molecule has 2 aliphatic carbocycles. The van der Waals surface area contributed by atoms with Crippen LogP contribution in [0.2, 0.25) is 0 Å². The van der Waals surface area contributed by atoms with Gasteiger partial charge in [-0.3, -0.25) is 0 Å². The van der Waals surface area contributed by atoms with Gasteiger partial charge >= 0.3 is 0 Å². The van der Waals surface area contributed by atoms with E-state index in [0.717, 1.165) is 0 Å². The normalized spacial score (nSPS) is 18.7. The number of aromatic nitrogens is 1. The molecule has 2 atom stereocenters. The van der Waals surface area contributed by atoms with Crippen molar-refractivity contribution in [1.29, 1.82) is 0 Å². The Morgan fingerprint density at radius 3 is 1.50 bits per heavy atom. The Morgan fingerprint density at radius 1 is 0.423 bits per heavy atom. The predicted octanol–water partition coefficient (Wildman–Crippen LogP) is 12.9. The first-order valence-electron chi connectivity index (χ1n) is 18.7. The molecule has 8 aromatic carbocycles. The summed E-state index contributed by atoms with van der Waals surface area (Å²) in [5.74, 6) is 0.333. The third-order valence-electron chi connectivity index (χ3n) is 13.0. The van der Waals surface area contributed by atoms with E-state index in [1.165, 1.54) is 99.0 Å². The lowest BCUT2D eigenvalue weighted by Gasteiger charge is -2.37. The van der Waals surface area contributed by atoms with Crippen LogP contribution in [0.15, 0.2) is 158 Å². The second kappa shape index (κ2) is 10.3. The Kier molecular flexibility index (Phi) is 5.92. The number of hydrogen-bond donors (Lipinski definition) is 0. The minimum absolute atomic E-state index is 0.277. The minimum atomic E-state index is -0.284. The molecule has 0 saturated heterocycles. The van der Waals surface area contributed by atoms with E-state index in [0.29, 0.717) is 5.92 Å². The van der Waals surface area contributed by atoms with Gasteiger partial charge in [0.1, 0.15) is 0 Å². The molecule has 1 aromatic heterocycles. The summed E-state index contributed by atoms with van der Waals surface area (Å²) in [6.07, 6.45) is 0. The van der Waals surface area contributed by atoms with Gasteiger partial charge in [0, 0.05) is 39.7 Å². The average molecular weight is 666 g/mol. The molecule has 0 saturated carbocycles. The molecule has 1 heterocycles. The van der Waals surface area contributed by atoms with Gasteiger partial charge in [-0.1, -0.05) is 123 Å². The number of rotatable bonds is 3. The lowest BCUT2D eigenvalue weighted by molar-refractivity contribution is 0.448. The van der Waals surface area contributed by atoms with E-state index < -0.39 is 0 Å². The lowest BCUT2D eigenvalue weighted by Crippen LogP contribution is -2.33. The SMILES string of the molecule is CC(C)C1(c2ccc3c(c2)c2cc(C4(C)c5ccccc5-c5cc6ccccc6cc54)ccc2n3C)c2ccccc2-c2cc3ccccc3cc21. The van der Waals surface area contributed by atoms with Crippen molar-refractivity contribution in [2.75, 3.05) is 0 Å². The third kappa shape index (κ3) is 3.63. The first kappa shape index (κ1) is 29.8. The Balaban J connectivity index is 1.18. The Labute approximate surface area is 304 Å². The number of nitrogens with zero attached hydrogens (tertiary/aromatic N) is 1. The molecule has 1 heteroatoms. The molecule has 2 aliphatic rings. The summed E-state index contributed by atoms with van der Waals surface area (Å²) in [7, 11) is 2.22. The molecule has 0 amide bonds. The van der Waals surface area contributed by atoms with Crippen molar-refractivity contribution in [2.24, 2.45) is 13.0 Å². The molecule has 0 fully saturated rings. The van der Waals surface area contributed by atoms with Gasteiger partial charge in [0.2, 0.25) is 0 Å². The number of hydrogen-bond acceptors (Lipinski definition) is 0. The Morgan fingerprint density at radius 2 is 0.885 bits per heavy atom. The standard InChI is InChI=1S/C51H39N/c1-31(2)51(45-20-12-10-18-39(45)41-26-33-14-6-8-16-35(33)28-47(41)51)37-22-24-49-43(30-37)42-29-36(21-23-48(42)52(49)4)50(3)44-19-11-9-17-38(44)40-25-32-13-5-7-15-34(32)27-46(40)50/h5-31H,1-4H3. The van der Waals surface area contributed by atoms with Crippen LogP contribution in [0.4, 0.5) is 0 Å². The molecule has 0 bridgehead atoms. The smallest absolute Gasteiger partial charge is 0.0488 e. The predicted molar refractivity (Wildman–Crippen MR) is 219 cm³/mol. The highest BCUT2D eigenvalue weighted by Crippen LogP contribution is 2.58. The van der Waals surface area contributed by atoms with Crippen LogP contribution in [-0.4, -0.2) is 4.57 Å². The quantitative estimate of drug-likeness (QED) is 0.177. The minimum Gasteiger partial charge on any atom is -0.344 e. The molecule has 0 radical (unpaired) electrons. The zero-order valence-corrected chi connectivity index (χ0v) is 30.0. The van der Waals surface area contributed by atoms with Gasteiger partial charge in [0.15, 0.2) is 0 Å². The number of aryl methyl sites for hydroxylation is 1. The maximum absolute atomic E-state index is 2.54. The first-order valence-corrected chi connectivity index (χ1v) is 18.7. The largest absolute Gasteiger partial charge is 0.344 e. The van der Waals surface area contributed by atoms with Gasteiger partial charge in [-0.25, -0.2) is 0 Å². The molecule has 1 nitrogen and oxygen atoms in total. The fourth-order valence-electron chi connectivity index (χ4n) is 10.5. The third-order valence-corrected chi connectivity index (χ3v) is 13.0. The van der Waals surface area contributed by atoms with Gasteiger partial charge < -0.3 is 4.57 Å². The zero-order chi connectivity index (χ0) is 34.9. The second-order valence-corrected chi connectivity index (χ2v) is 15.7. The van der Waals surface area contributed by atoms with E-state index in [1.54, 1.807) is 0 Å². The van der Waals surface area contributed by atoms with E-state index in [9.17, 15) is 0 Å². The van der Waals surface area contributed by atoms with Crippen LogP contribution in [0, 0.1) is 5.92 Å². The summed E-state index contributed by atoms with van der Waals surface area (Å²) in [6.45, 7) is 7.26. The Bertz CT molecular complexity index is 2970. The molecule has 11 rings (SSSR count). The van der Waals surface area contributed by atoms with E-state index in [1.807, 2.05) is 0 Å². The van der Waals surface area contributed by atoms with Crippen LogP contribution in [0.3, 0.4) is 0 Å². The molecule has 0 N–H and O–H groups in total. The van der Waals surface area contributed by atoms with Crippen molar-refractivity contribution in [3.05, 3.63) is 191 Å². The molecule has 52 heavy (non-hydrogen) atoms. The number of benzene rings is 8. The Hall–Kier alpha value is -5.92. The van der Waals surface area contributed by atoms with Crippen molar-refractivity contribution in [3.8, 4) is 22.3 Å². The second-order valence-electron chi connectivity index (χ2n) is 15.7. The number of fused-ring (bicyclic) bond motifs is 11. The molecule has 0 spiro atoms. The highest BCUT2D eigenvalue weighted by atomic mass is 14.9. The molecule has 2 unspecified atom stereocenters. The highest BCUT2D eigenvalue weighted by molar-refractivity contribution is 6.09. The topological polar surface area (TPSA) is 4.93 Å². The van der Waals surface area contributed by atoms with Crippen LogP contribution in [0.1, 0.15) is 54.2 Å². The van der Waals surface area contributed by atoms with E-state index in [2.05, 4.69) is 190 Å². The maximum Gasteiger partial charge on any atom is 0.0488 e. The summed E-state index contributed by atoms with van der Waals surface area (Å²) < 4.78 is 2.39. The van der Waals surface area contributed by atoms with Gasteiger partial charge in [0.05, 0.1) is 0 Å². The van der Waals surface area contributed by atoms with Gasteiger partial charge in [-0.05, 0) is 139 Å². The fourth-order valence-corrected chi connectivity index (χ4v) is 10.5. The van der Waals surface area contributed by atoms with Crippen LogP contribution < -0.4 is 0 Å². The van der Waals surface area contributed by atoms with Crippen LogP contribution in [0.5, 0.6) is 0 Å². The van der Waals surface area contributed by atoms with Crippen LogP contribution in [-0.2, 0) is 17.9 Å². The molecular formula is C51H39N. The molecule has 0 aliphatic heterocycles. The van der Waals surface area contributed by atoms with E-state index in [4.69, 9.17) is 0 Å². The van der Waals surface area contributed by atoms with Crippen LogP contribution >= 0.6 is 0 Å². The van der Waals surface area contributed by atoms with Crippen molar-refractivity contribution >= 4 is 43.4 Å². The first-order chi connectivity index (χ1) is 25.4. The summed E-state index contributed by atoms with van der Waals surface area (Å²) in [6, 6.07) is 60.1. The monoisotopic (exact) mass is 665 g/mol. The maximum atomic E-state index is 2.54. The van der Waals surface area contributed by atoms with Crippen molar-refractivity contribution in [2.45, 2.75) is 31.6 Å². The van der Waals surface area contributed by atoms with Crippen molar-refractivity contribution < 1.29 is 0 Å². The highest BCUT2D eigenvalue weighted by Gasteiger charge is 2.47. The molecule has 9 aromatic rings. The summed E-state index contributed by atoms with van der Waals surface area (Å²) in [4.78, 5) is 0. The van der Waals surface area contributed by atoms with E-state index in [-0.39, 0.29) is 10.8 Å². The van der Waals surface area contributed by atoms with Gasteiger partial charge in [0.25, 0.3) is 0 Å². The van der Waals surface area contributed by atoms with Crippen LogP contribution in [0.25, 0.3) is 65.6 Å². The van der Waals surface area contributed by atoms with E-state index >= 15 is 0 Å². The van der Waals surface area contributed by atoms with Crippen molar-refractivity contribution in [3.63, 3.8) is 0 Å². The molecular weight excluding hydrogens is 627 g/mol. The lowest BCUT2D eigenvalue weighted by atomic mass is 9.65. The summed E-state index contributed by atoms with van der Waals surface area (Å²) in [5, 5.41) is 7.81. The zero-order valence-electron chi connectivity index (χ0n) is 30.0. The molecule has 248 valence electrons.